The molecule has 0 aromatic heterocycles. The van der Waals surface area contributed by atoms with Gasteiger partial charge in [-0.05, 0) is 0 Å². The second kappa shape index (κ2) is 2.37. The molecule has 0 aliphatic carbocycles. The van der Waals surface area contributed by atoms with Crippen molar-refractivity contribution in [3.8, 4) is 0 Å². The predicted octanol–water partition coefficient (Wildman–Crippen LogP) is 1.58. The Morgan fingerprint density at radius 2 is 1.50 bits per heavy atom. The van der Waals surface area contributed by atoms with E-state index in [1.165, 1.54) is 0 Å². The first kappa shape index (κ1) is 5.12. The summed E-state index contributed by atoms with van der Waals surface area (Å²) in [4.78, 5) is 0. The fourth-order valence-electron chi connectivity index (χ4n) is 0. The normalized spacial score (nSPS) is 9.00. The van der Waals surface area contributed by atoms with E-state index in [2.05, 4.69) is 0 Å². The van der Waals surface area contributed by atoms with Gasteiger partial charge in [-0.15, -0.1) is 0 Å². The van der Waals surface area contributed by atoms with Gasteiger partial charge in [0.25, 0.3) is 0 Å². The molecular formula is CH3Cl2Ge. The van der Waals surface area contributed by atoms with Crippen molar-refractivity contribution in [1.29, 1.82) is 0 Å². The van der Waals surface area contributed by atoms with Crippen LogP contribution in [0.4, 0.5) is 0 Å². The fraction of sp³-hybridized carbons (Fsp3) is 1.00. The topological polar surface area (TPSA) is 0 Å². The third kappa shape index (κ3) is 11.2. The predicted molar refractivity (Wildman–Crippen MR) is 23.3 cm³/mol. The Morgan fingerprint density at radius 3 is 1.50 bits per heavy atom. The molecule has 0 saturated carbocycles. The zero-order valence-electron chi connectivity index (χ0n) is 2.26. The van der Waals surface area contributed by atoms with Crippen molar-refractivity contribution in [1.82, 2.24) is 0 Å². The van der Waals surface area contributed by atoms with E-state index >= 15 is 0 Å². The molecule has 0 aliphatic rings. The molecule has 0 nitrogen and oxygen atoms in total. The first-order valence-corrected chi connectivity index (χ1v) is 8.49. The molecular weight excluding hydrogens is 156 g/mol. The summed E-state index contributed by atoms with van der Waals surface area (Å²) in [5.41, 5.74) is 0. The second-order valence-electron chi connectivity index (χ2n) is 0.449. The molecule has 0 aromatic carbocycles. The zero-order chi connectivity index (χ0) is 3.58. The first-order valence-electron chi connectivity index (χ1n) is 0.878. The summed E-state index contributed by atoms with van der Waals surface area (Å²) < 4.78 is 0. The Hall–Kier alpha value is 1.12. The Morgan fingerprint density at radius 1 is 1.50 bits per heavy atom. The molecule has 0 atom stereocenters. The summed E-state index contributed by atoms with van der Waals surface area (Å²) in [6, 6.07) is 0. The number of hydrogen-bond acceptors (Lipinski definition) is 0. The number of rotatable bonds is 0. The van der Waals surface area contributed by atoms with Gasteiger partial charge in [-0.25, -0.2) is 0 Å². The van der Waals surface area contributed by atoms with E-state index in [-0.39, 0.29) is 0 Å². The molecule has 0 rings (SSSR count). The van der Waals surface area contributed by atoms with Gasteiger partial charge in [0.15, 0.2) is 0 Å². The van der Waals surface area contributed by atoms with Crippen molar-refractivity contribution in [3.63, 3.8) is 0 Å². The summed E-state index contributed by atoms with van der Waals surface area (Å²) in [7, 11) is 10.4. The van der Waals surface area contributed by atoms with Gasteiger partial charge in [0.1, 0.15) is 0 Å². The van der Waals surface area contributed by atoms with E-state index in [1.807, 2.05) is 5.76 Å². The van der Waals surface area contributed by atoms with Crippen LogP contribution < -0.4 is 0 Å². The molecule has 25 valence electrons. The zero-order valence-corrected chi connectivity index (χ0v) is 5.87. The van der Waals surface area contributed by atoms with Crippen LogP contribution in [-0.2, 0) is 0 Å². The van der Waals surface area contributed by atoms with E-state index in [0.717, 1.165) is 0 Å². The molecule has 0 amide bonds. The van der Waals surface area contributed by atoms with E-state index < -0.39 is 12.5 Å². The molecule has 0 heterocycles. The van der Waals surface area contributed by atoms with Crippen molar-refractivity contribution in [2.45, 2.75) is 5.76 Å². The number of halogens is 2. The molecule has 0 aromatic rings. The van der Waals surface area contributed by atoms with Crippen LogP contribution in [0.25, 0.3) is 0 Å². The van der Waals surface area contributed by atoms with Crippen molar-refractivity contribution < 1.29 is 0 Å². The number of hydrogen-bond donors (Lipinski definition) is 0. The van der Waals surface area contributed by atoms with Crippen LogP contribution in [0.5, 0.6) is 0 Å². The maximum absolute atomic E-state index is 5.21. The van der Waals surface area contributed by atoms with Gasteiger partial charge in [-0.2, -0.15) is 0 Å². The average Bonchev–Trinajstić information content (AvgIpc) is 0.811. The van der Waals surface area contributed by atoms with Crippen LogP contribution in [0.15, 0.2) is 0 Å². The molecule has 0 fully saturated rings. The summed E-state index contributed by atoms with van der Waals surface area (Å²) in [5, 5.41) is 0. The van der Waals surface area contributed by atoms with E-state index in [4.69, 9.17) is 20.0 Å². The summed E-state index contributed by atoms with van der Waals surface area (Å²) >= 11 is -1.39. The summed E-state index contributed by atoms with van der Waals surface area (Å²) in [6.07, 6.45) is 0. The molecule has 0 saturated heterocycles. The Balaban J connectivity index is 2.32. The Labute approximate surface area is 38.6 Å². The molecule has 4 heavy (non-hydrogen) atoms. The minimum atomic E-state index is -1.39. The van der Waals surface area contributed by atoms with Crippen LogP contribution in [0.1, 0.15) is 0 Å². The van der Waals surface area contributed by atoms with Gasteiger partial charge < -0.3 is 0 Å². The van der Waals surface area contributed by atoms with Crippen LogP contribution >= 0.6 is 20.0 Å². The third-order valence-corrected chi connectivity index (χ3v) is 0. The molecule has 3 heteroatoms. The molecule has 0 spiro atoms. The van der Waals surface area contributed by atoms with Gasteiger partial charge in [-0.1, -0.05) is 0 Å². The van der Waals surface area contributed by atoms with Crippen LogP contribution in [0.2, 0.25) is 5.76 Å². The Kier molecular flexibility index (Phi) is 3.03. The summed E-state index contributed by atoms with van der Waals surface area (Å²) in [6.45, 7) is 0. The van der Waals surface area contributed by atoms with Crippen LogP contribution in [-0.4, -0.2) is 12.5 Å². The Bertz CT molecular complexity index is 10.8. The summed E-state index contributed by atoms with van der Waals surface area (Å²) in [5.74, 6) is 1.86. The quantitative estimate of drug-likeness (QED) is 0.470. The fourth-order valence-corrected chi connectivity index (χ4v) is 0. The molecule has 1 radical (unpaired) electrons. The van der Waals surface area contributed by atoms with E-state index in [0.29, 0.717) is 0 Å². The SMILES string of the molecule is [CH3][Ge]([Cl])[Cl]. The van der Waals surface area contributed by atoms with E-state index in [1.54, 1.807) is 0 Å². The molecule has 0 unspecified atom stereocenters. The standard InChI is InChI=1S/CH3Cl2Ge/c1-4(2)3/h1H3. The second-order valence-corrected chi connectivity index (χ2v) is 9.23. The molecule has 0 bridgehead atoms. The monoisotopic (exact) mass is 159 g/mol. The third-order valence-electron chi connectivity index (χ3n) is 0. The first-order chi connectivity index (χ1) is 1.73. The van der Waals surface area contributed by atoms with Crippen molar-refractivity contribution in [2.24, 2.45) is 0 Å². The van der Waals surface area contributed by atoms with E-state index in [9.17, 15) is 0 Å². The molecule has 0 aliphatic heterocycles. The average molecular weight is 159 g/mol. The maximum atomic E-state index is 5.21. The van der Waals surface area contributed by atoms with Gasteiger partial charge in [0.05, 0.1) is 0 Å². The van der Waals surface area contributed by atoms with Gasteiger partial charge in [-0.3, -0.25) is 0 Å². The molecule has 0 N–H and O–H groups in total. The van der Waals surface area contributed by atoms with Crippen LogP contribution in [0.3, 0.4) is 0 Å². The minimum absolute atomic E-state index is 1.39. The van der Waals surface area contributed by atoms with Gasteiger partial charge in [0.2, 0.25) is 0 Å². The van der Waals surface area contributed by atoms with Crippen LogP contribution in [0, 0.1) is 0 Å². The van der Waals surface area contributed by atoms with Crippen molar-refractivity contribution >= 4 is 32.5 Å². The van der Waals surface area contributed by atoms with Gasteiger partial charge in [0, 0.05) is 0 Å². The van der Waals surface area contributed by atoms with Crippen molar-refractivity contribution in [3.05, 3.63) is 0 Å². The van der Waals surface area contributed by atoms with Crippen molar-refractivity contribution in [2.75, 3.05) is 0 Å². The van der Waals surface area contributed by atoms with Gasteiger partial charge >= 0.3 is 38.3 Å².